The van der Waals surface area contributed by atoms with Crippen LogP contribution in [0.2, 0.25) is 0 Å². The molecule has 0 bridgehead atoms. The number of rotatable bonds is 1. The summed E-state index contributed by atoms with van der Waals surface area (Å²) in [7, 11) is 6.34. The smallest absolute Gasteiger partial charge is 0.134 e. The van der Waals surface area contributed by atoms with Gasteiger partial charge >= 0.3 is 0 Å². The maximum absolute atomic E-state index is 4.78. The van der Waals surface area contributed by atoms with Crippen LogP contribution in [0.4, 0.5) is 11.5 Å². The van der Waals surface area contributed by atoms with Crippen LogP contribution in [0, 0.1) is 0 Å². The van der Waals surface area contributed by atoms with E-state index in [2.05, 4.69) is 55.2 Å². The van der Waals surface area contributed by atoms with Gasteiger partial charge in [0, 0.05) is 38.6 Å². The standard InChI is InChI=1S/C14H17N3.C2H6/c1-16(2)13-10-6-4-5-7-12(10)15-14-11(13)8-9-17(14)3;1-2/h4-7H,8-9H2,1-3H3;1-2H3. The molecule has 0 amide bonds. The molecule has 3 rings (SSSR count). The fourth-order valence-electron chi connectivity index (χ4n) is 2.66. The Bertz CT molecular complexity index is 575. The lowest BCUT2D eigenvalue weighted by Crippen LogP contribution is -2.14. The number of fused-ring (bicyclic) bond motifs is 2. The van der Waals surface area contributed by atoms with Crippen LogP contribution in [0.1, 0.15) is 19.4 Å². The number of hydrogen-bond donors (Lipinski definition) is 0. The highest BCUT2D eigenvalue weighted by Gasteiger charge is 2.23. The van der Waals surface area contributed by atoms with Crippen molar-refractivity contribution in [1.29, 1.82) is 0 Å². The van der Waals surface area contributed by atoms with Crippen LogP contribution in [0.3, 0.4) is 0 Å². The van der Waals surface area contributed by atoms with Gasteiger partial charge in [-0.05, 0) is 12.5 Å². The highest BCUT2D eigenvalue weighted by atomic mass is 15.2. The SMILES string of the molecule is CC.CN(C)c1c2c(nc3ccccc13)N(C)CC2. The largest absolute Gasteiger partial charge is 0.377 e. The molecule has 0 saturated heterocycles. The first kappa shape index (κ1) is 13.7. The molecular weight excluding hydrogens is 234 g/mol. The molecule has 2 heterocycles. The van der Waals surface area contributed by atoms with E-state index in [1.165, 1.54) is 16.6 Å². The number of nitrogens with zero attached hydrogens (tertiary/aromatic N) is 3. The van der Waals surface area contributed by atoms with Gasteiger partial charge in [-0.3, -0.25) is 0 Å². The number of anilines is 2. The first-order valence-corrected chi connectivity index (χ1v) is 6.98. The second-order valence-corrected chi connectivity index (χ2v) is 4.85. The van der Waals surface area contributed by atoms with Gasteiger partial charge in [0.05, 0.1) is 11.2 Å². The van der Waals surface area contributed by atoms with Gasteiger partial charge in [-0.25, -0.2) is 4.98 Å². The van der Waals surface area contributed by atoms with Crippen LogP contribution in [-0.2, 0) is 6.42 Å². The van der Waals surface area contributed by atoms with Crippen molar-refractivity contribution in [2.45, 2.75) is 20.3 Å². The molecule has 0 N–H and O–H groups in total. The first-order chi connectivity index (χ1) is 9.18. The topological polar surface area (TPSA) is 19.4 Å². The third kappa shape index (κ3) is 2.25. The normalized spacial score (nSPS) is 13.0. The lowest BCUT2D eigenvalue weighted by molar-refractivity contribution is 0.945. The second kappa shape index (κ2) is 5.47. The highest BCUT2D eigenvalue weighted by molar-refractivity contribution is 5.96. The van der Waals surface area contributed by atoms with Crippen molar-refractivity contribution in [3.05, 3.63) is 29.8 Å². The fraction of sp³-hybridized carbons (Fsp3) is 0.438. The van der Waals surface area contributed by atoms with Crippen LogP contribution in [0.15, 0.2) is 24.3 Å². The van der Waals surface area contributed by atoms with Crippen molar-refractivity contribution in [3.8, 4) is 0 Å². The van der Waals surface area contributed by atoms with Crippen LogP contribution in [0.5, 0.6) is 0 Å². The van der Waals surface area contributed by atoms with Gasteiger partial charge in [0.15, 0.2) is 0 Å². The summed E-state index contributed by atoms with van der Waals surface area (Å²) in [6.45, 7) is 5.07. The Morgan fingerprint density at radius 2 is 1.84 bits per heavy atom. The van der Waals surface area contributed by atoms with E-state index in [0.717, 1.165) is 24.3 Å². The summed E-state index contributed by atoms with van der Waals surface area (Å²) in [4.78, 5) is 9.23. The average molecular weight is 257 g/mol. The Kier molecular flexibility index (Phi) is 3.93. The maximum Gasteiger partial charge on any atom is 0.134 e. The van der Waals surface area contributed by atoms with E-state index in [9.17, 15) is 0 Å². The quantitative estimate of drug-likeness (QED) is 0.781. The van der Waals surface area contributed by atoms with Gasteiger partial charge in [-0.1, -0.05) is 32.0 Å². The van der Waals surface area contributed by atoms with Crippen LogP contribution in [-0.4, -0.2) is 32.7 Å². The zero-order chi connectivity index (χ0) is 14.0. The van der Waals surface area contributed by atoms with Crippen LogP contribution in [0.25, 0.3) is 10.9 Å². The fourth-order valence-corrected chi connectivity index (χ4v) is 2.66. The molecule has 1 aliphatic heterocycles. The van der Waals surface area contributed by atoms with Crippen molar-refractivity contribution in [2.75, 3.05) is 37.5 Å². The van der Waals surface area contributed by atoms with Gasteiger partial charge in [0.2, 0.25) is 0 Å². The van der Waals surface area contributed by atoms with Gasteiger partial charge in [-0.15, -0.1) is 0 Å². The third-order valence-corrected chi connectivity index (χ3v) is 3.45. The molecule has 0 saturated carbocycles. The lowest BCUT2D eigenvalue weighted by atomic mass is 10.1. The Balaban J connectivity index is 0.000000637. The minimum Gasteiger partial charge on any atom is -0.377 e. The minimum atomic E-state index is 1.07. The molecule has 1 aromatic carbocycles. The molecule has 0 fully saturated rings. The lowest BCUT2D eigenvalue weighted by Gasteiger charge is -2.20. The van der Waals surface area contributed by atoms with Crippen molar-refractivity contribution in [2.24, 2.45) is 0 Å². The number of aromatic nitrogens is 1. The molecule has 102 valence electrons. The molecule has 0 aliphatic carbocycles. The molecule has 3 nitrogen and oxygen atoms in total. The average Bonchev–Trinajstić information content (AvgIpc) is 2.79. The summed E-state index contributed by atoms with van der Waals surface area (Å²) >= 11 is 0. The zero-order valence-corrected chi connectivity index (χ0v) is 12.6. The van der Waals surface area contributed by atoms with Crippen molar-refractivity contribution >= 4 is 22.4 Å². The van der Waals surface area contributed by atoms with E-state index in [1.54, 1.807) is 0 Å². The van der Waals surface area contributed by atoms with E-state index >= 15 is 0 Å². The molecule has 0 spiro atoms. The number of para-hydroxylation sites is 1. The Hall–Kier alpha value is -1.77. The molecular formula is C16H23N3. The first-order valence-electron chi connectivity index (χ1n) is 6.98. The van der Waals surface area contributed by atoms with Crippen molar-refractivity contribution < 1.29 is 0 Å². The van der Waals surface area contributed by atoms with Gasteiger partial charge < -0.3 is 9.80 Å². The molecule has 0 radical (unpaired) electrons. The Morgan fingerprint density at radius 3 is 2.53 bits per heavy atom. The summed E-state index contributed by atoms with van der Waals surface area (Å²) in [5.74, 6) is 1.15. The van der Waals surface area contributed by atoms with E-state index in [0.29, 0.717) is 0 Å². The Morgan fingerprint density at radius 1 is 1.16 bits per heavy atom. The third-order valence-electron chi connectivity index (χ3n) is 3.45. The highest BCUT2D eigenvalue weighted by Crippen LogP contribution is 2.37. The summed E-state index contributed by atoms with van der Waals surface area (Å²) in [5, 5.41) is 1.26. The van der Waals surface area contributed by atoms with Gasteiger partial charge in [0.1, 0.15) is 5.82 Å². The molecule has 19 heavy (non-hydrogen) atoms. The van der Waals surface area contributed by atoms with E-state index in [1.807, 2.05) is 13.8 Å². The molecule has 2 aromatic rings. The Labute approximate surface area is 115 Å². The summed E-state index contributed by atoms with van der Waals surface area (Å²) in [6.07, 6.45) is 1.09. The maximum atomic E-state index is 4.78. The predicted molar refractivity (Wildman–Crippen MR) is 84.4 cm³/mol. The van der Waals surface area contributed by atoms with E-state index in [4.69, 9.17) is 4.98 Å². The van der Waals surface area contributed by atoms with Crippen LogP contribution >= 0.6 is 0 Å². The van der Waals surface area contributed by atoms with E-state index < -0.39 is 0 Å². The molecule has 1 aromatic heterocycles. The number of hydrogen-bond acceptors (Lipinski definition) is 3. The van der Waals surface area contributed by atoms with Gasteiger partial charge in [0.25, 0.3) is 0 Å². The second-order valence-electron chi connectivity index (χ2n) is 4.85. The number of benzene rings is 1. The number of pyridine rings is 1. The molecule has 3 heteroatoms. The van der Waals surface area contributed by atoms with Gasteiger partial charge in [-0.2, -0.15) is 0 Å². The minimum absolute atomic E-state index is 1.07. The monoisotopic (exact) mass is 257 g/mol. The summed E-state index contributed by atoms with van der Waals surface area (Å²) < 4.78 is 0. The van der Waals surface area contributed by atoms with E-state index in [-0.39, 0.29) is 0 Å². The van der Waals surface area contributed by atoms with Crippen molar-refractivity contribution in [3.63, 3.8) is 0 Å². The van der Waals surface area contributed by atoms with Crippen LogP contribution < -0.4 is 9.80 Å². The zero-order valence-electron chi connectivity index (χ0n) is 12.6. The molecule has 0 atom stereocenters. The molecule has 0 unspecified atom stereocenters. The number of likely N-dealkylation sites (N-methyl/N-ethyl adjacent to an activating group) is 1. The van der Waals surface area contributed by atoms with Crippen molar-refractivity contribution in [1.82, 2.24) is 4.98 Å². The summed E-state index contributed by atoms with van der Waals surface area (Å²) in [5.41, 5.74) is 3.80. The summed E-state index contributed by atoms with van der Waals surface area (Å²) in [6, 6.07) is 8.39. The molecule has 1 aliphatic rings. The predicted octanol–water partition coefficient (Wildman–Crippen LogP) is 3.32.